The molecule has 3 rings (SSSR count). The first-order chi connectivity index (χ1) is 10.1. The van der Waals surface area contributed by atoms with E-state index in [4.69, 9.17) is 0 Å². The van der Waals surface area contributed by atoms with Crippen LogP contribution in [-0.2, 0) is 9.59 Å². The molecule has 2 fully saturated rings. The zero-order valence-electron chi connectivity index (χ0n) is 11.5. The van der Waals surface area contributed by atoms with Gasteiger partial charge in [0, 0.05) is 12.0 Å². The van der Waals surface area contributed by atoms with Crippen molar-refractivity contribution in [2.45, 2.75) is 31.7 Å². The molecule has 2 saturated carbocycles. The highest BCUT2D eigenvalue weighted by Crippen LogP contribution is 2.31. The van der Waals surface area contributed by atoms with E-state index < -0.39 is 0 Å². The molecule has 0 radical (unpaired) electrons. The quantitative estimate of drug-likeness (QED) is 0.735. The van der Waals surface area contributed by atoms with E-state index >= 15 is 0 Å². The van der Waals surface area contributed by atoms with Crippen molar-refractivity contribution < 1.29 is 14.4 Å². The van der Waals surface area contributed by atoms with Crippen LogP contribution in [0.5, 0.6) is 0 Å². The fourth-order valence-electron chi connectivity index (χ4n) is 1.85. The lowest BCUT2D eigenvalue weighted by Crippen LogP contribution is -2.37. The normalized spacial score (nSPS) is 17.1. The molecule has 0 aliphatic heterocycles. The summed E-state index contributed by atoms with van der Waals surface area (Å²) < 4.78 is 0. The number of carbonyl (C=O) groups is 3. The third-order valence-electron chi connectivity index (χ3n) is 3.38. The number of hydrogen-bond donors (Lipinski definition) is 3. The van der Waals surface area contributed by atoms with Gasteiger partial charge in [0.25, 0.3) is 5.91 Å². The molecule has 1 aromatic heterocycles. The van der Waals surface area contributed by atoms with Crippen molar-refractivity contribution in [3.8, 4) is 0 Å². The summed E-state index contributed by atoms with van der Waals surface area (Å²) in [5.41, 5.74) is 0. The van der Waals surface area contributed by atoms with Gasteiger partial charge in [0.05, 0.1) is 16.4 Å². The number of thiophene rings is 1. The fraction of sp³-hybridized carbons (Fsp3) is 0.500. The predicted molar refractivity (Wildman–Crippen MR) is 79.2 cm³/mol. The summed E-state index contributed by atoms with van der Waals surface area (Å²) in [7, 11) is 0. The summed E-state index contributed by atoms with van der Waals surface area (Å²) in [4.78, 5) is 35.5. The molecule has 1 aromatic rings. The molecular weight excluding hydrogens is 290 g/mol. The fourth-order valence-corrected chi connectivity index (χ4v) is 2.68. The predicted octanol–water partition coefficient (Wildman–Crippen LogP) is 1.10. The lowest BCUT2D eigenvalue weighted by Gasteiger charge is -2.04. The number of amides is 3. The Balaban J connectivity index is 1.46. The number of anilines is 1. The second-order valence-corrected chi connectivity index (χ2v) is 6.54. The molecule has 2 aliphatic carbocycles. The van der Waals surface area contributed by atoms with Gasteiger partial charge in [-0.3, -0.25) is 14.4 Å². The highest BCUT2D eigenvalue weighted by molar-refractivity contribution is 7.18. The van der Waals surface area contributed by atoms with Crippen molar-refractivity contribution in [2.75, 3.05) is 11.9 Å². The summed E-state index contributed by atoms with van der Waals surface area (Å²) in [6.45, 7) is -0.0169. The van der Waals surface area contributed by atoms with E-state index in [0.717, 1.165) is 25.7 Å². The third-order valence-corrected chi connectivity index (χ3v) is 4.38. The minimum atomic E-state index is -0.294. The van der Waals surface area contributed by atoms with Crippen LogP contribution in [0.1, 0.15) is 35.4 Å². The largest absolute Gasteiger partial charge is 0.352 e. The molecule has 0 bridgehead atoms. The van der Waals surface area contributed by atoms with Gasteiger partial charge in [0.2, 0.25) is 11.8 Å². The summed E-state index contributed by atoms with van der Waals surface area (Å²) in [6, 6.07) is 3.66. The van der Waals surface area contributed by atoms with Gasteiger partial charge in [-0.15, -0.1) is 11.3 Å². The van der Waals surface area contributed by atoms with Crippen LogP contribution in [0.2, 0.25) is 0 Å². The van der Waals surface area contributed by atoms with Crippen molar-refractivity contribution in [2.24, 2.45) is 5.92 Å². The van der Waals surface area contributed by atoms with Gasteiger partial charge in [-0.25, -0.2) is 0 Å². The molecule has 0 atom stereocenters. The number of hydrogen-bond acceptors (Lipinski definition) is 4. The third kappa shape index (κ3) is 4.04. The maximum Gasteiger partial charge on any atom is 0.261 e. The van der Waals surface area contributed by atoms with Crippen molar-refractivity contribution in [3.63, 3.8) is 0 Å². The summed E-state index contributed by atoms with van der Waals surface area (Å²) >= 11 is 1.22. The Kier molecular flexibility index (Phi) is 3.92. The topological polar surface area (TPSA) is 87.3 Å². The molecule has 3 amide bonds. The van der Waals surface area contributed by atoms with Gasteiger partial charge in [0.1, 0.15) is 0 Å². The molecule has 6 nitrogen and oxygen atoms in total. The molecule has 21 heavy (non-hydrogen) atoms. The Labute approximate surface area is 126 Å². The van der Waals surface area contributed by atoms with Crippen LogP contribution in [-0.4, -0.2) is 30.3 Å². The Morgan fingerprint density at radius 1 is 1.14 bits per heavy atom. The zero-order valence-corrected chi connectivity index (χ0v) is 12.3. The minimum absolute atomic E-state index is 0.0169. The van der Waals surface area contributed by atoms with Crippen LogP contribution < -0.4 is 16.0 Å². The second kappa shape index (κ2) is 5.85. The van der Waals surface area contributed by atoms with Gasteiger partial charge in [-0.1, -0.05) is 0 Å². The van der Waals surface area contributed by atoms with E-state index in [-0.39, 0.29) is 30.2 Å². The highest BCUT2D eigenvalue weighted by atomic mass is 32.1. The van der Waals surface area contributed by atoms with E-state index in [2.05, 4.69) is 16.0 Å². The van der Waals surface area contributed by atoms with E-state index in [1.54, 1.807) is 12.1 Å². The van der Waals surface area contributed by atoms with Crippen molar-refractivity contribution in [3.05, 3.63) is 17.0 Å². The van der Waals surface area contributed by atoms with Gasteiger partial charge in [-0.2, -0.15) is 0 Å². The van der Waals surface area contributed by atoms with Gasteiger partial charge in [0.15, 0.2) is 0 Å². The van der Waals surface area contributed by atoms with Crippen molar-refractivity contribution in [1.29, 1.82) is 0 Å². The van der Waals surface area contributed by atoms with Gasteiger partial charge < -0.3 is 16.0 Å². The van der Waals surface area contributed by atoms with Crippen LogP contribution in [0, 0.1) is 5.92 Å². The van der Waals surface area contributed by atoms with Crippen LogP contribution in [0.4, 0.5) is 5.00 Å². The maximum atomic E-state index is 11.9. The highest BCUT2D eigenvalue weighted by Gasteiger charge is 2.30. The number of rotatable bonds is 6. The lowest BCUT2D eigenvalue weighted by atomic mass is 10.4. The van der Waals surface area contributed by atoms with Crippen LogP contribution in [0.3, 0.4) is 0 Å². The standard InChI is InChI=1S/C14H17N3O3S/c18-11(16-9-3-4-9)7-15-14(20)10-5-6-12(21-10)17-13(19)8-1-2-8/h5-6,8-9H,1-4,7H2,(H,15,20)(H,16,18)(H,17,19). The van der Waals surface area contributed by atoms with E-state index in [0.29, 0.717) is 15.9 Å². The molecule has 7 heteroatoms. The lowest BCUT2D eigenvalue weighted by molar-refractivity contribution is -0.120. The van der Waals surface area contributed by atoms with Crippen molar-refractivity contribution >= 4 is 34.1 Å². The summed E-state index contributed by atoms with van der Waals surface area (Å²) in [6.07, 6.45) is 3.94. The summed E-state index contributed by atoms with van der Waals surface area (Å²) in [5.74, 6) is -0.300. The van der Waals surface area contributed by atoms with E-state index in [1.165, 1.54) is 11.3 Å². The first-order valence-corrected chi connectivity index (χ1v) is 7.92. The molecule has 2 aliphatic rings. The average molecular weight is 307 g/mol. The molecule has 0 unspecified atom stereocenters. The van der Waals surface area contributed by atoms with Crippen LogP contribution in [0.15, 0.2) is 12.1 Å². The molecule has 0 aromatic carbocycles. The monoisotopic (exact) mass is 307 g/mol. The van der Waals surface area contributed by atoms with Crippen LogP contribution >= 0.6 is 11.3 Å². The average Bonchev–Trinajstić information content (AvgIpc) is 3.36. The smallest absolute Gasteiger partial charge is 0.261 e. The first kappa shape index (κ1) is 14.1. The summed E-state index contributed by atoms with van der Waals surface area (Å²) in [5, 5.41) is 8.85. The van der Waals surface area contributed by atoms with Gasteiger partial charge >= 0.3 is 0 Å². The molecule has 112 valence electrons. The molecule has 1 heterocycles. The zero-order chi connectivity index (χ0) is 14.8. The molecule has 0 spiro atoms. The Morgan fingerprint density at radius 2 is 1.90 bits per heavy atom. The Hall–Kier alpha value is -1.89. The van der Waals surface area contributed by atoms with E-state index in [1.807, 2.05) is 0 Å². The molecule has 0 saturated heterocycles. The van der Waals surface area contributed by atoms with Crippen LogP contribution in [0.25, 0.3) is 0 Å². The SMILES string of the molecule is O=C(CNC(=O)c1ccc(NC(=O)C2CC2)s1)NC1CC1. The molecule has 3 N–H and O–H groups in total. The first-order valence-electron chi connectivity index (χ1n) is 7.10. The number of carbonyl (C=O) groups excluding carboxylic acids is 3. The maximum absolute atomic E-state index is 11.9. The van der Waals surface area contributed by atoms with E-state index in [9.17, 15) is 14.4 Å². The van der Waals surface area contributed by atoms with Gasteiger partial charge in [-0.05, 0) is 37.8 Å². The Morgan fingerprint density at radius 3 is 2.57 bits per heavy atom. The minimum Gasteiger partial charge on any atom is -0.352 e. The second-order valence-electron chi connectivity index (χ2n) is 5.45. The molecular formula is C14H17N3O3S. The van der Waals surface area contributed by atoms with Crippen molar-refractivity contribution in [1.82, 2.24) is 10.6 Å². The number of nitrogens with one attached hydrogen (secondary N) is 3. The Bertz CT molecular complexity index is 576.